The molecule has 0 bridgehead atoms. The number of benzene rings is 1. The average molecular weight is 456 g/mol. The third-order valence-electron chi connectivity index (χ3n) is 8.14. The van der Waals surface area contributed by atoms with Gasteiger partial charge in [-0.25, -0.2) is 0 Å². The maximum atomic E-state index is 12.8. The summed E-state index contributed by atoms with van der Waals surface area (Å²) in [6, 6.07) is 8.63. The zero-order valence-electron chi connectivity index (χ0n) is 20.1. The third-order valence-corrected chi connectivity index (χ3v) is 8.14. The van der Waals surface area contributed by atoms with E-state index in [0.29, 0.717) is 24.3 Å². The van der Waals surface area contributed by atoms with Gasteiger partial charge in [0.15, 0.2) is 0 Å². The lowest BCUT2D eigenvalue weighted by atomic mass is 9.51. The average Bonchev–Trinajstić information content (AvgIpc) is 2.80. The van der Waals surface area contributed by atoms with Crippen LogP contribution in [0.2, 0.25) is 0 Å². The summed E-state index contributed by atoms with van der Waals surface area (Å²) in [6.45, 7) is 7.18. The number of hydrogen-bond donors (Lipinski definition) is 3. The van der Waals surface area contributed by atoms with Crippen molar-refractivity contribution in [1.29, 1.82) is 5.26 Å². The Labute approximate surface area is 196 Å². The topological polar surface area (TPSA) is 111 Å². The smallest absolute Gasteiger partial charge is 0.251 e. The van der Waals surface area contributed by atoms with Crippen molar-refractivity contribution in [1.82, 2.24) is 10.6 Å². The summed E-state index contributed by atoms with van der Waals surface area (Å²) in [7, 11) is 1.60. The van der Waals surface area contributed by atoms with Gasteiger partial charge >= 0.3 is 0 Å². The van der Waals surface area contributed by atoms with E-state index in [-0.39, 0.29) is 46.9 Å². The van der Waals surface area contributed by atoms with Gasteiger partial charge in [-0.15, -0.1) is 0 Å². The van der Waals surface area contributed by atoms with Crippen molar-refractivity contribution in [3.8, 4) is 6.07 Å². The summed E-state index contributed by atoms with van der Waals surface area (Å²) in [5.41, 5.74) is 1.04. The molecule has 0 spiro atoms. The lowest BCUT2D eigenvalue weighted by Crippen LogP contribution is -2.58. The van der Waals surface area contributed by atoms with Gasteiger partial charge in [-0.1, -0.05) is 20.8 Å². The van der Waals surface area contributed by atoms with Gasteiger partial charge in [-0.3, -0.25) is 9.59 Å². The number of nitriles is 1. The minimum atomic E-state index is -0.600. The van der Waals surface area contributed by atoms with E-state index in [1.54, 1.807) is 31.4 Å². The Hall–Kier alpha value is -2.43. The van der Waals surface area contributed by atoms with Crippen LogP contribution in [-0.2, 0) is 9.53 Å². The second-order valence-electron chi connectivity index (χ2n) is 10.1. The molecule has 0 saturated heterocycles. The molecule has 2 saturated carbocycles. The predicted octanol–water partition coefficient (Wildman–Crippen LogP) is 2.88. The molecule has 3 rings (SSSR count). The summed E-state index contributed by atoms with van der Waals surface area (Å²) >= 11 is 0. The summed E-state index contributed by atoms with van der Waals surface area (Å²) in [5, 5.41) is 26.5. The van der Waals surface area contributed by atoms with Gasteiger partial charge in [0, 0.05) is 31.2 Å². The highest BCUT2D eigenvalue weighted by molar-refractivity contribution is 5.94. The van der Waals surface area contributed by atoms with Gasteiger partial charge in [0.2, 0.25) is 5.91 Å². The minimum Gasteiger partial charge on any atom is -0.392 e. The summed E-state index contributed by atoms with van der Waals surface area (Å²) in [5.74, 6) is -0.525. The van der Waals surface area contributed by atoms with E-state index in [1.165, 1.54) is 0 Å². The highest BCUT2D eigenvalue weighted by atomic mass is 16.5. The third kappa shape index (κ3) is 5.39. The van der Waals surface area contributed by atoms with E-state index in [9.17, 15) is 14.7 Å². The number of hydrogen-bond acceptors (Lipinski definition) is 5. The van der Waals surface area contributed by atoms with Crippen molar-refractivity contribution in [2.75, 3.05) is 20.3 Å². The van der Waals surface area contributed by atoms with Crippen LogP contribution >= 0.6 is 0 Å². The molecule has 180 valence electrons. The maximum Gasteiger partial charge on any atom is 0.251 e. The highest BCUT2D eigenvalue weighted by Crippen LogP contribution is 2.55. The van der Waals surface area contributed by atoms with Crippen molar-refractivity contribution in [2.45, 2.75) is 58.6 Å². The Bertz CT molecular complexity index is 881. The first-order valence-corrected chi connectivity index (χ1v) is 12.0. The van der Waals surface area contributed by atoms with Crippen molar-refractivity contribution in [3.05, 3.63) is 35.4 Å². The Balaban J connectivity index is 1.69. The highest BCUT2D eigenvalue weighted by Gasteiger charge is 2.53. The number of methoxy groups -OCH3 is 1. The summed E-state index contributed by atoms with van der Waals surface area (Å²) < 4.78 is 5.01. The van der Waals surface area contributed by atoms with E-state index < -0.39 is 6.10 Å². The number of carbonyl (C=O) groups excluding carboxylic acids is 2. The van der Waals surface area contributed by atoms with Crippen LogP contribution < -0.4 is 10.6 Å². The van der Waals surface area contributed by atoms with Crippen LogP contribution in [0.4, 0.5) is 0 Å². The van der Waals surface area contributed by atoms with Gasteiger partial charge in [0.05, 0.1) is 24.3 Å². The molecule has 3 N–H and O–H groups in total. The molecule has 33 heavy (non-hydrogen) atoms. The molecule has 2 fully saturated rings. The van der Waals surface area contributed by atoms with E-state index in [2.05, 4.69) is 30.6 Å². The van der Waals surface area contributed by atoms with E-state index >= 15 is 0 Å². The Morgan fingerprint density at radius 2 is 1.94 bits per heavy atom. The van der Waals surface area contributed by atoms with Gasteiger partial charge in [-0.05, 0) is 73.1 Å². The molecule has 7 nitrogen and oxygen atoms in total. The van der Waals surface area contributed by atoms with Crippen LogP contribution in [0.25, 0.3) is 0 Å². The van der Waals surface area contributed by atoms with Crippen LogP contribution in [0.1, 0.15) is 62.4 Å². The summed E-state index contributed by atoms with van der Waals surface area (Å²) in [4.78, 5) is 25.5. The van der Waals surface area contributed by atoms with Gasteiger partial charge in [0.25, 0.3) is 5.91 Å². The number of aliphatic hydroxyl groups is 1. The zero-order chi connectivity index (χ0) is 24.2. The molecule has 2 amide bonds. The van der Waals surface area contributed by atoms with Crippen LogP contribution in [-0.4, -0.2) is 49.3 Å². The monoisotopic (exact) mass is 455 g/mol. The maximum absolute atomic E-state index is 12.8. The number of fused-ring (bicyclic) bond motifs is 1. The molecular formula is C26H37N3O4. The lowest BCUT2D eigenvalue weighted by Gasteiger charge is -2.56. The Morgan fingerprint density at radius 3 is 2.58 bits per heavy atom. The Kier molecular flexibility index (Phi) is 8.14. The molecule has 0 aliphatic heterocycles. The fourth-order valence-corrected chi connectivity index (χ4v) is 6.08. The van der Waals surface area contributed by atoms with Crippen molar-refractivity contribution in [2.24, 2.45) is 29.1 Å². The van der Waals surface area contributed by atoms with E-state index in [1.807, 2.05) is 6.92 Å². The summed E-state index contributed by atoms with van der Waals surface area (Å²) in [6.07, 6.45) is 2.98. The fraction of sp³-hybridized carbons (Fsp3) is 0.654. The number of carbonyl (C=O) groups is 2. The van der Waals surface area contributed by atoms with E-state index in [4.69, 9.17) is 10.00 Å². The van der Waals surface area contributed by atoms with Crippen LogP contribution in [0, 0.1) is 40.4 Å². The predicted molar refractivity (Wildman–Crippen MR) is 125 cm³/mol. The molecule has 0 radical (unpaired) electrons. The first-order chi connectivity index (χ1) is 15.7. The molecule has 0 aromatic heterocycles. The second-order valence-corrected chi connectivity index (χ2v) is 10.1. The number of ether oxygens (including phenoxy) is 1. The molecule has 1 aromatic rings. The van der Waals surface area contributed by atoms with Gasteiger partial charge < -0.3 is 20.5 Å². The van der Waals surface area contributed by atoms with Crippen molar-refractivity contribution >= 4 is 11.8 Å². The Morgan fingerprint density at radius 1 is 1.27 bits per heavy atom. The quantitative estimate of drug-likeness (QED) is 0.548. The van der Waals surface area contributed by atoms with Crippen molar-refractivity contribution < 1.29 is 19.4 Å². The van der Waals surface area contributed by atoms with Crippen LogP contribution in [0.5, 0.6) is 0 Å². The molecule has 1 aromatic carbocycles. The second kappa shape index (κ2) is 10.7. The molecule has 0 heterocycles. The molecule has 7 heteroatoms. The van der Waals surface area contributed by atoms with Gasteiger partial charge in [-0.2, -0.15) is 5.26 Å². The molecule has 2 aliphatic rings. The number of aliphatic hydroxyl groups excluding tert-OH is 1. The number of rotatable bonds is 7. The van der Waals surface area contributed by atoms with Crippen LogP contribution in [0.15, 0.2) is 24.3 Å². The number of nitrogens with one attached hydrogen (secondary N) is 2. The SMILES string of the molecule is COCCNC(=O)[C@@H](C)C1CC[C@@]2(C)CC[C@H](NC(=O)c3ccc(C#N)cc3)[C@@H](C)[C@@H]2[C@H]1O. The molecule has 2 aliphatic carbocycles. The molecule has 7 atom stereocenters. The first kappa shape index (κ1) is 25.2. The number of nitrogens with zero attached hydrogens (tertiary/aromatic N) is 1. The number of amides is 2. The van der Waals surface area contributed by atoms with E-state index in [0.717, 1.165) is 25.7 Å². The van der Waals surface area contributed by atoms with Crippen LogP contribution in [0.3, 0.4) is 0 Å². The molecular weight excluding hydrogens is 418 g/mol. The minimum absolute atomic E-state index is 0.00273. The standard InChI is InChI=1S/C26H37N3O4/c1-16(24(31)28-13-14-33-4)20-9-11-26(3)12-10-21(17(2)22(26)23(20)30)29-25(32)19-7-5-18(15-27)6-8-19/h5-8,16-17,20-23,30H,9-14H2,1-4H3,(H,28,31)(H,29,32)/t16-,17+,20?,21-,22+,23-,26-/m0/s1. The normalized spacial score (nSPS) is 32.2. The zero-order valence-corrected chi connectivity index (χ0v) is 20.1. The fourth-order valence-electron chi connectivity index (χ4n) is 6.08. The lowest BCUT2D eigenvalue weighted by molar-refractivity contribution is -0.142. The molecule has 1 unspecified atom stereocenters. The largest absolute Gasteiger partial charge is 0.392 e. The van der Waals surface area contributed by atoms with Crippen molar-refractivity contribution in [3.63, 3.8) is 0 Å². The first-order valence-electron chi connectivity index (χ1n) is 12.0. The van der Waals surface area contributed by atoms with Gasteiger partial charge in [0.1, 0.15) is 0 Å².